The molecule has 182 valence electrons. The topological polar surface area (TPSA) is 89.0 Å². The number of carbonyl (C=O) groups is 2. The SMILES string of the molecule is CCOc1cc(/C=N\NC(=O)C(=O)Nc2ccc(C)c(Cl)c2)ccc1OCc1c(Cl)cccc1Cl. The number of nitrogens with one attached hydrogen (secondary N) is 2. The van der Waals surface area contributed by atoms with Crippen LogP contribution in [0.1, 0.15) is 23.6 Å². The Morgan fingerprint density at radius 3 is 2.34 bits per heavy atom. The molecule has 0 unspecified atom stereocenters. The zero-order valence-electron chi connectivity index (χ0n) is 18.9. The maximum Gasteiger partial charge on any atom is 0.329 e. The summed E-state index contributed by atoms with van der Waals surface area (Å²) < 4.78 is 11.5. The molecule has 0 radical (unpaired) electrons. The van der Waals surface area contributed by atoms with Crippen LogP contribution in [0.15, 0.2) is 59.7 Å². The average molecular weight is 535 g/mol. The fraction of sp³-hybridized carbons (Fsp3) is 0.160. The number of aryl methyl sites for hydroxylation is 1. The zero-order valence-corrected chi connectivity index (χ0v) is 21.2. The lowest BCUT2D eigenvalue weighted by molar-refractivity contribution is -0.136. The van der Waals surface area contributed by atoms with Crippen LogP contribution in [-0.2, 0) is 16.2 Å². The van der Waals surface area contributed by atoms with Crippen LogP contribution in [0.25, 0.3) is 0 Å². The van der Waals surface area contributed by atoms with Crippen LogP contribution < -0.4 is 20.2 Å². The minimum Gasteiger partial charge on any atom is -0.490 e. The molecule has 0 bridgehead atoms. The number of carbonyl (C=O) groups excluding carboxylic acids is 2. The van der Waals surface area contributed by atoms with Crippen molar-refractivity contribution in [1.82, 2.24) is 5.43 Å². The van der Waals surface area contributed by atoms with Gasteiger partial charge in [-0.15, -0.1) is 0 Å². The Kier molecular flexibility index (Phi) is 9.37. The Morgan fingerprint density at radius 1 is 0.914 bits per heavy atom. The summed E-state index contributed by atoms with van der Waals surface area (Å²) >= 11 is 18.4. The summed E-state index contributed by atoms with van der Waals surface area (Å²) in [6.07, 6.45) is 1.38. The number of nitrogens with zero attached hydrogens (tertiary/aromatic N) is 1. The average Bonchev–Trinajstić information content (AvgIpc) is 2.82. The van der Waals surface area contributed by atoms with E-state index >= 15 is 0 Å². The third kappa shape index (κ3) is 7.36. The van der Waals surface area contributed by atoms with E-state index in [2.05, 4.69) is 15.8 Å². The molecule has 0 saturated heterocycles. The molecule has 0 saturated carbocycles. The summed E-state index contributed by atoms with van der Waals surface area (Å²) in [5.41, 5.74) is 4.72. The molecule has 3 aromatic rings. The van der Waals surface area contributed by atoms with Gasteiger partial charge in [-0.2, -0.15) is 5.10 Å². The summed E-state index contributed by atoms with van der Waals surface area (Å²) in [5.74, 6) is -0.848. The van der Waals surface area contributed by atoms with E-state index in [1.165, 1.54) is 6.21 Å². The summed E-state index contributed by atoms with van der Waals surface area (Å²) in [4.78, 5) is 24.1. The van der Waals surface area contributed by atoms with Crippen molar-refractivity contribution in [3.05, 3.63) is 86.4 Å². The lowest BCUT2D eigenvalue weighted by Gasteiger charge is -2.14. The van der Waals surface area contributed by atoms with Crippen LogP contribution >= 0.6 is 34.8 Å². The molecule has 2 N–H and O–H groups in total. The van der Waals surface area contributed by atoms with Crippen LogP contribution in [0.4, 0.5) is 5.69 Å². The van der Waals surface area contributed by atoms with Crippen molar-refractivity contribution in [3.63, 3.8) is 0 Å². The van der Waals surface area contributed by atoms with Crippen LogP contribution in [0.3, 0.4) is 0 Å². The molecule has 0 fully saturated rings. The van der Waals surface area contributed by atoms with Crippen LogP contribution in [0.5, 0.6) is 11.5 Å². The zero-order chi connectivity index (χ0) is 25.4. The van der Waals surface area contributed by atoms with Gasteiger partial charge < -0.3 is 14.8 Å². The molecule has 35 heavy (non-hydrogen) atoms. The van der Waals surface area contributed by atoms with E-state index in [4.69, 9.17) is 44.3 Å². The molecule has 0 atom stereocenters. The monoisotopic (exact) mass is 533 g/mol. The van der Waals surface area contributed by atoms with E-state index in [1.54, 1.807) is 54.6 Å². The van der Waals surface area contributed by atoms with Crippen molar-refractivity contribution >= 4 is 58.5 Å². The van der Waals surface area contributed by atoms with E-state index in [9.17, 15) is 9.59 Å². The van der Waals surface area contributed by atoms with Gasteiger partial charge in [-0.3, -0.25) is 9.59 Å². The largest absolute Gasteiger partial charge is 0.490 e. The highest BCUT2D eigenvalue weighted by Gasteiger charge is 2.14. The number of ether oxygens (including phenoxy) is 2. The van der Waals surface area contributed by atoms with E-state index in [0.717, 1.165) is 5.56 Å². The second-order valence-electron chi connectivity index (χ2n) is 7.25. The predicted octanol–water partition coefficient (Wildman–Crippen LogP) is 6.02. The molecule has 2 amide bonds. The van der Waals surface area contributed by atoms with Gasteiger partial charge >= 0.3 is 11.8 Å². The number of hydrogen-bond acceptors (Lipinski definition) is 5. The fourth-order valence-electron chi connectivity index (χ4n) is 2.89. The Hall–Kier alpha value is -3.26. The van der Waals surface area contributed by atoms with Crippen molar-refractivity contribution in [2.24, 2.45) is 5.10 Å². The highest BCUT2D eigenvalue weighted by atomic mass is 35.5. The summed E-state index contributed by atoms with van der Waals surface area (Å²) in [6, 6.07) is 15.3. The third-order valence-electron chi connectivity index (χ3n) is 4.72. The molecule has 3 aromatic carbocycles. The van der Waals surface area contributed by atoms with Crippen molar-refractivity contribution < 1.29 is 19.1 Å². The molecule has 3 rings (SSSR count). The Bertz CT molecular complexity index is 1240. The Morgan fingerprint density at radius 2 is 1.66 bits per heavy atom. The maximum atomic E-state index is 12.1. The van der Waals surface area contributed by atoms with Crippen molar-refractivity contribution in [2.75, 3.05) is 11.9 Å². The maximum absolute atomic E-state index is 12.1. The normalized spacial score (nSPS) is 10.8. The molecular weight excluding hydrogens is 513 g/mol. The molecule has 0 heterocycles. The van der Waals surface area contributed by atoms with Gasteiger partial charge in [0, 0.05) is 26.3 Å². The first kappa shape index (κ1) is 26.3. The number of hydrogen-bond donors (Lipinski definition) is 2. The van der Waals surface area contributed by atoms with Crippen molar-refractivity contribution in [1.29, 1.82) is 0 Å². The highest BCUT2D eigenvalue weighted by molar-refractivity contribution is 6.40. The number of anilines is 1. The summed E-state index contributed by atoms with van der Waals surface area (Å²) in [7, 11) is 0. The molecule has 0 aliphatic rings. The van der Waals surface area contributed by atoms with Gasteiger partial charge in [0.15, 0.2) is 11.5 Å². The number of amides is 2. The predicted molar refractivity (Wildman–Crippen MR) is 139 cm³/mol. The van der Waals surface area contributed by atoms with Crippen LogP contribution in [0.2, 0.25) is 15.1 Å². The van der Waals surface area contributed by atoms with Gasteiger partial charge in [0.05, 0.1) is 12.8 Å². The molecule has 7 nitrogen and oxygen atoms in total. The highest BCUT2D eigenvalue weighted by Crippen LogP contribution is 2.31. The molecule has 0 aromatic heterocycles. The van der Waals surface area contributed by atoms with Gasteiger partial charge in [-0.05, 0) is 67.4 Å². The van der Waals surface area contributed by atoms with Crippen LogP contribution in [-0.4, -0.2) is 24.6 Å². The minimum atomic E-state index is -0.931. The first-order chi connectivity index (χ1) is 16.8. The summed E-state index contributed by atoms with van der Waals surface area (Å²) in [6.45, 7) is 4.24. The Labute approximate surface area is 218 Å². The van der Waals surface area contributed by atoms with Crippen LogP contribution in [0, 0.1) is 6.92 Å². The van der Waals surface area contributed by atoms with E-state index in [1.807, 2.05) is 13.8 Å². The van der Waals surface area contributed by atoms with E-state index in [-0.39, 0.29) is 6.61 Å². The van der Waals surface area contributed by atoms with Gasteiger partial charge in [-0.1, -0.05) is 46.9 Å². The summed E-state index contributed by atoms with van der Waals surface area (Å²) in [5, 5.41) is 7.79. The molecule has 0 spiro atoms. The number of hydrazone groups is 1. The minimum absolute atomic E-state index is 0.156. The quantitative estimate of drug-likeness (QED) is 0.210. The standard InChI is InChI=1S/C25H22Cl3N3O4/c1-3-34-23-11-16(8-10-22(23)35-14-18-19(26)5-4-6-20(18)27)13-29-31-25(33)24(32)30-17-9-7-15(2)21(28)12-17/h4-13H,3,14H2,1-2H3,(H,30,32)(H,31,33)/b29-13-. The molecule has 0 aliphatic heterocycles. The number of benzene rings is 3. The van der Waals surface area contributed by atoms with E-state index < -0.39 is 11.8 Å². The fourth-order valence-corrected chi connectivity index (χ4v) is 3.57. The lowest BCUT2D eigenvalue weighted by atomic mass is 10.2. The number of halogens is 3. The lowest BCUT2D eigenvalue weighted by Crippen LogP contribution is -2.32. The van der Waals surface area contributed by atoms with E-state index in [0.29, 0.717) is 50.0 Å². The molecule has 0 aliphatic carbocycles. The molecule has 10 heteroatoms. The third-order valence-corrected chi connectivity index (χ3v) is 5.83. The molecular formula is C25H22Cl3N3O4. The first-order valence-corrected chi connectivity index (χ1v) is 11.6. The number of rotatable bonds is 8. The van der Waals surface area contributed by atoms with Gasteiger partial charge in [0.25, 0.3) is 0 Å². The Balaban J connectivity index is 1.62. The first-order valence-electron chi connectivity index (χ1n) is 10.5. The second kappa shape index (κ2) is 12.4. The van der Waals surface area contributed by atoms with Gasteiger partial charge in [0.1, 0.15) is 6.61 Å². The van der Waals surface area contributed by atoms with Crippen molar-refractivity contribution in [3.8, 4) is 11.5 Å². The van der Waals surface area contributed by atoms with Crippen molar-refractivity contribution in [2.45, 2.75) is 20.5 Å². The van der Waals surface area contributed by atoms with Gasteiger partial charge in [0.2, 0.25) is 0 Å². The second-order valence-corrected chi connectivity index (χ2v) is 8.47. The smallest absolute Gasteiger partial charge is 0.329 e. The van der Waals surface area contributed by atoms with Gasteiger partial charge in [-0.25, -0.2) is 5.43 Å².